The van der Waals surface area contributed by atoms with E-state index >= 15 is 0 Å². The maximum atomic E-state index is 4.11. The minimum Gasteiger partial charge on any atom is -0.347 e. The van der Waals surface area contributed by atoms with E-state index in [1.807, 2.05) is 30.6 Å². The number of aliphatic imine (C=N–C) groups is 1. The van der Waals surface area contributed by atoms with Gasteiger partial charge in [-0.1, -0.05) is 36.9 Å². The summed E-state index contributed by atoms with van der Waals surface area (Å²) in [5.74, 6) is 0.696. The lowest BCUT2D eigenvalue weighted by Gasteiger charge is -2.09. The molecule has 1 aliphatic heterocycles. The highest BCUT2D eigenvalue weighted by Gasteiger charge is 2.00. The zero-order chi connectivity index (χ0) is 9.80. The quantitative estimate of drug-likeness (QED) is 0.749. The van der Waals surface area contributed by atoms with Crippen LogP contribution < -0.4 is 5.32 Å². The molecule has 0 amide bonds. The molecule has 0 saturated heterocycles. The molecule has 1 aromatic carbocycles. The number of nitrogens with one attached hydrogen (secondary N) is 1. The normalized spacial score (nSPS) is 14.9. The number of allylic oxidation sites excluding steroid dienone is 1. The summed E-state index contributed by atoms with van der Waals surface area (Å²) in [4.78, 5) is 4.11. The Kier molecular flexibility index (Phi) is 2.45. The molecule has 2 nitrogen and oxygen atoms in total. The molecule has 1 N–H and O–H groups in total. The zero-order valence-electron chi connectivity index (χ0n) is 7.90. The predicted octanol–water partition coefficient (Wildman–Crippen LogP) is 2.26. The third kappa shape index (κ3) is 2.10. The van der Waals surface area contributed by atoms with E-state index in [1.165, 1.54) is 11.1 Å². The zero-order valence-corrected chi connectivity index (χ0v) is 7.90. The second-order valence-corrected chi connectivity index (χ2v) is 3.23. The first-order chi connectivity index (χ1) is 6.84. The van der Waals surface area contributed by atoms with Crippen LogP contribution in [0.1, 0.15) is 5.56 Å². The second-order valence-electron chi connectivity index (χ2n) is 3.23. The highest BCUT2D eigenvalue weighted by atomic mass is 15.0. The van der Waals surface area contributed by atoms with Gasteiger partial charge in [-0.3, -0.25) is 0 Å². The smallest absolute Gasteiger partial charge is 0.122 e. The SMILES string of the molecule is C=C1N=CC(Cc2ccccc2)=CN1. The van der Waals surface area contributed by atoms with E-state index in [2.05, 4.69) is 29.0 Å². The average Bonchev–Trinajstić information content (AvgIpc) is 2.23. The summed E-state index contributed by atoms with van der Waals surface area (Å²) in [5.41, 5.74) is 2.46. The van der Waals surface area contributed by atoms with Gasteiger partial charge in [0, 0.05) is 18.8 Å². The van der Waals surface area contributed by atoms with Crippen molar-refractivity contribution in [1.29, 1.82) is 0 Å². The van der Waals surface area contributed by atoms with Crippen molar-refractivity contribution >= 4 is 6.21 Å². The number of hydrogen-bond acceptors (Lipinski definition) is 2. The molecule has 2 heteroatoms. The lowest BCUT2D eigenvalue weighted by molar-refractivity contribution is 0.996. The Morgan fingerprint density at radius 3 is 2.64 bits per heavy atom. The molecular weight excluding hydrogens is 172 g/mol. The molecule has 0 saturated carbocycles. The lowest BCUT2D eigenvalue weighted by Crippen LogP contribution is -2.10. The molecule has 1 heterocycles. The highest BCUT2D eigenvalue weighted by Crippen LogP contribution is 2.08. The molecule has 0 aliphatic carbocycles. The molecule has 0 unspecified atom stereocenters. The van der Waals surface area contributed by atoms with Gasteiger partial charge < -0.3 is 5.32 Å². The Hall–Kier alpha value is -1.83. The van der Waals surface area contributed by atoms with Gasteiger partial charge in [-0.05, 0) is 11.1 Å². The van der Waals surface area contributed by atoms with Crippen molar-refractivity contribution in [3.8, 4) is 0 Å². The van der Waals surface area contributed by atoms with Crippen LogP contribution in [0.5, 0.6) is 0 Å². The van der Waals surface area contributed by atoms with Gasteiger partial charge in [0.2, 0.25) is 0 Å². The molecule has 0 fully saturated rings. The standard InChI is InChI=1S/C12H12N2/c1-10-13-8-12(9-14-10)7-11-5-3-2-4-6-11/h2-6,8-9,13H,1,7H2. The molecule has 1 aliphatic rings. The number of benzene rings is 1. The van der Waals surface area contributed by atoms with Gasteiger partial charge >= 0.3 is 0 Å². The molecule has 0 bridgehead atoms. The Bertz CT molecular complexity index is 388. The first kappa shape index (κ1) is 8.75. The Morgan fingerprint density at radius 2 is 2.00 bits per heavy atom. The molecule has 2 rings (SSSR count). The van der Waals surface area contributed by atoms with Gasteiger partial charge in [-0.2, -0.15) is 0 Å². The first-order valence-electron chi connectivity index (χ1n) is 4.57. The molecule has 0 atom stereocenters. The highest BCUT2D eigenvalue weighted by molar-refractivity contribution is 5.81. The summed E-state index contributed by atoms with van der Waals surface area (Å²) in [6, 6.07) is 10.3. The maximum Gasteiger partial charge on any atom is 0.122 e. The van der Waals surface area contributed by atoms with Crippen molar-refractivity contribution in [3.05, 3.63) is 60.1 Å². The Labute approximate surface area is 83.7 Å². The van der Waals surface area contributed by atoms with Gasteiger partial charge in [0.15, 0.2) is 0 Å². The third-order valence-corrected chi connectivity index (χ3v) is 2.06. The van der Waals surface area contributed by atoms with Gasteiger partial charge in [0.1, 0.15) is 5.82 Å². The fourth-order valence-corrected chi connectivity index (χ4v) is 1.34. The number of hydrogen-bond donors (Lipinski definition) is 1. The van der Waals surface area contributed by atoms with Crippen LogP contribution in [-0.4, -0.2) is 6.21 Å². The van der Waals surface area contributed by atoms with E-state index in [1.54, 1.807) is 0 Å². The van der Waals surface area contributed by atoms with Crippen LogP contribution in [0.25, 0.3) is 0 Å². The number of nitrogens with zero attached hydrogens (tertiary/aromatic N) is 1. The van der Waals surface area contributed by atoms with Crippen LogP contribution in [0.4, 0.5) is 0 Å². The summed E-state index contributed by atoms with van der Waals surface area (Å²) in [7, 11) is 0. The fraction of sp³-hybridized carbons (Fsp3) is 0.0833. The monoisotopic (exact) mass is 184 g/mol. The molecule has 0 aromatic heterocycles. The minimum absolute atomic E-state index is 0.696. The second kappa shape index (κ2) is 3.92. The molecule has 1 aromatic rings. The summed E-state index contributed by atoms with van der Waals surface area (Å²) < 4.78 is 0. The Balaban J connectivity index is 2.06. The average molecular weight is 184 g/mol. The lowest BCUT2D eigenvalue weighted by atomic mass is 10.1. The van der Waals surface area contributed by atoms with Gasteiger partial charge in [-0.25, -0.2) is 4.99 Å². The molecule has 14 heavy (non-hydrogen) atoms. The predicted molar refractivity (Wildman–Crippen MR) is 59.0 cm³/mol. The first-order valence-corrected chi connectivity index (χ1v) is 4.57. The third-order valence-electron chi connectivity index (χ3n) is 2.06. The minimum atomic E-state index is 0.696. The van der Waals surface area contributed by atoms with E-state index < -0.39 is 0 Å². The van der Waals surface area contributed by atoms with Crippen LogP contribution >= 0.6 is 0 Å². The van der Waals surface area contributed by atoms with E-state index in [0.717, 1.165) is 6.42 Å². The fourth-order valence-electron chi connectivity index (χ4n) is 1.34. The van der Waals surface area contributed by atoms with E-state index in [4.69, 9.17) is 0 Å². The molecule has 70 valence electrons. The van der Waals surface area contributed by atoms with E-state index in [0.29, 0.717) is 5.82 Å². The van der Waals surface area contributed by atoms with E-state index in [9.17, 15) is 0 Å². The molecule has 0 radical (unpaired) electrons. The molecule has 0 spiro atoms. The summed E-state index contributed by atoms with van der Waals surface area (Å²) in [6.07, 6.45) is 4.71. The van der Waals surface area contributed by atoms with Crippen LogP contribution in [0.15, 0.2) is 59.5 Å². The number of rotatable bonds is 2. The largest absolute Gasteiger partial charge is 0.347 e. The van der Waals surface area contributed by atoms with Gasteiger partial charge in [-0.15, -0.1) is 0 Å². The van der Waals surface area contributed by atoms with Crippen LogP contribution in [0.2, 0.25) is 0 Å². The van der Waals surface area contributed by atoms with Crippen molar-refractivity contribution in [2.24, 2.45) is 4.99 Å². The van der Waals surface area contributed by atoms with Crippen LogP contribution in [-0.2, 0) is 6.42 Å². The van der Waals surface area contributed by atoms with Crippen molar-refractivity contribution in [1.82, 2.24) is 5.32 Å². The summed E-state index contributed by atoms with van der Waals surface area (Å²) in [6.45, 7) is 3.70. The van der Waals surface area contributed by atoms with E-state index in [-0.39, 0.29) is 0 Å². The van der Waals surface area contributed by atoms with Crippen LogP contribution in [0, 0.1) is 0 Å². The van der Waals surface area contributed by atoms with Crippen LogP contribution in [0.3, 0.4) is 0 Å². The molecular formula is C12H12N2. The summed E-state index contributed by atoms with van der Waals surface area (Å²) in [5, 5.41) is 3.00. The van der Waals surface area contributed by atoms with Crippen molar-refractivity contribution < 1.29 is 0 Å². The maximum absolute atomic E-state index is 4.11. The van der Waals surface area contributed by atoms with Crippen molar-refractivity contribution in [2.45, 2.75) is 6.42 Å². The van der Waals surface area contributed by atoms with Gasteiger partial charge in [0.05, 0.1) is 0 Å². The summed E-state index contributed by atoms with van der Waals surface area (Å²) >= 11 is 0. The Morgan fingerprint density at radius 1 is 1.21 bits per heavy atom. The van der Waals surface area contributed by atoms with Gasteiger partial charge in [0.25, 0.3) is 0 Å². The van der Waals surface area contributed by atoms with Crippen molar-refractivity contribution in [2.75, 3.05) is 0 Å². The van der Waals surface area contributed by atoms with Crippen molar-refractivity contribution in [3.63, 3.8) is 0 Å². The topological polar surface area (TPSA) is 24.4 Å².